The molecule has 4 nitrogen and oxygen atoms in total. The van der Waals surface area contributed by atoms with Gasteiger partial charge in [-0.05, 0) is 26.8 Å². The van der Waals surface area contributed by atoms with Crippen LogP contribution < -0.4 is 5.32 Å². The molecule has 2 rings (SSSR count). The summed E-state index contributed by atoms with van der Waals surface area (Å²) in [6.45, 7) is 3.61. The minimum Gasteiger partial charge on any atom is -0.336 e. The zero-order chi connectivity index (χ0) is 11.5. The van der Waals surface area contributed by atoms with E-state index in [1.807, 2.05) is 18.9 Å². The van der Waals surface area contributed by atoms with Crippen molar-refractivity contribution in [1.82, 2.24) is 15.2 Å². The van der Waals surface area contributed by atoms with Gasteiger partial charge in [-0.15, -0.1) is 11.3 Å². The molecule has 1 atom stereocenters. The number of thiazole rings is 1. The first-order valence-corrected chi connectivity index (χ1v) is 6.41. The number of hydrogen-bond acceptors (Lipinski definition) is 4. The summed E-state index contributed by atoms with van der Waals surface area (Å²) in [4.78, 5) is 19.0. The molecule has 16 heavy (non-hydrogen) atoms. The van der Waals surface area contributed by atoms with Crippen molar-refractivity contribution < 1.29 is 4.79 Å². The minimum atomic E-state index is 0.130. The summed E-state index contributed by atoms with van der Waals surface area (Å²) in [5.41, 5.74) is 0. The maximum atomic E-state index is 12.1. The fraction of sp³-hybridized carbons (Fsp3) is 0.636. The number of aromatic nitrogens is 1. The van der Waals surface area contributed by atoms with Gasteiger partial charge >= 0.3 is 0 Å². The van der Waals surface area contributed by atoms with E-state index in [1.165, 1.54) is 11.3 Å². The Morgan fingerprint density at radius 3 is 3.12 bits per heavy atom. The number of nitrogens with one attached hydrogen (secondary N) is 1. The average Bonchev–Trinajstić information content (AvgIpc) is 2.75. The summed E-state index contributed by atoms with van der Waals surface area (Å²) in [7, 11) is 1.95. The molecule has 1 saturated heterocycles. The Bertz CT molecular complexity index is 377. The molecule has 0 radical (unpaired) electrons. The second-order valence-electron chi connectivity index (χ2n) is 4.12. The Labute approximate surface area is 99.7 Å². The van der Waals surface area contributed by atoms with Crippen molar-refractivity contribution in [3.63, 3.8) is 0 Å². The second-order valence-corrected chi connectivity index (χ2v) is 5.36. The predicted molar refractivity (Wildman–Crippen MR) is 64.8 cm³/mol. The molecule has 0 aromatic carbocycles. The van der Waals surface area contributed by atoms with Gasteiger partial charge < -0.3 is 10.2 Å². The molecular weight excluding hydrogens is 222 g/mol. The van der Waals surface area contributed by atoms with E-state index >= 15 is 0 Å². The highest BCUT2D eigenvalue weighted by molar-refractivity contribution is 7.13. The maximum absolute atomic E-state index is 12.1. The molecular formula is C11H17N3OS. The second kappa shape index (κ2) is 4.93. The quantitative estimate of drug-likeness (QED) is 0.845. The number of amides is 1. The fourth-order valence-electron chi connectivity index (χ4n) is 2.01. The molecule has 1 fully saturated rings. The number of carbonyl (C=O) groups is 1. The number of likely N-dealkylation sites (tertiary alicyclic amines) is 1. The number of nitrogens with zero attached hydrogens (tertiary/aromatic N) is 2. The summed E-state index contributed by atoms with van der Waals surface area (Å²) >= 11 is 1.48. The van der Waals surface area contributed by atoms with E-state index in [1.54, 1.807) is 6.20 Å². The van der Waals surface area contributed by atoms with Gasteiger partial charge in [0.05, 0.1) is 11.2 Å². The first-order chi connectivity index (χ1) is 7.70. The lowest BCUT2D eigenvalue weighted by molar-refractivity contribution is 0.0703. The number of likely N-dealkylation sites (N-methyl/N-ethyl adjacent to an activating group) is 1. The molecule has 0 spiro atoms. The number of piperidine rings is 1. The minimum absolute atomic E-state index is 0.130. The van der Waals surface area contributed by atoms with Crippen LogP contribution in [0.25, 0.3) is 0 Å². The third kappa shape index (κ3) is 2.41. The molecule has 1 aromatic heterocycles. The third-order valence-corrected chi connectivity index (χ3v) is 3.85. The Morgan fingerprint density at radius 2 is 2.50 bits per heavy atom. The number of rotatable bonds is 2. The van der Waals surface area contributed by atoms with Gasteiger partial charge in [-0.1, -0.05) is 0 Å². The van der Waals surface area contributed by atoms with Crippen LogP contribution in [-0.4, -0.2) is 42.0 Å². The molecule has 1 amide bonds. The van der Waals surface area contributed by atoms with Crippen LogP contribution in [0.5, 0.6) is 0 Å². The van der Waals surface area contributed by atoms with E-state index in [0.717, 1.165) is 35.8 Å². The Balaban J connectivity index is 2.04. The lowest BCUT2D eigenvalue weighted by Crippen LogP contribution is -2.46. The predicted octanol–water partition coefficient (Wildman–Crippen LogP) is 1.28. The lowest BCUT2D eigenvalue weighted by Gasteiger charge is -2.32. The van der Waals surface area contributed by atoms with Crippen molar-refractivity contribution in [3.8, 4) is 0 Å². The van der Waals surface area contributed by atoms with Crippen LogP contribution >= 0.6 is 11.3 Å². The normalized spacial score (nSPS) is 21.1. The van der Waals surface area contributed by atoms with Crippen molar-refractivity contribution in [3.05, 3.63) is 16.1 Å². The highest BCUT2D eigenvalue weighted by Gasteiger charge is 2.24. The van der Waals surface area contributed by atoms with Crippen LogP contribution in [0.2, 0.25) is 0 Å². The zero-order valence-electron chi connectivity index (χ0n) is 9.69. The molecule has 1 aliphatic rings. The van der Waals surface area contributed by atoms with Crippen LogP contribution in [0.4, 0.5) is 0 Å². The highest BCUT2D eigenvalue weighted by Crippen LogP contribution is 2.17. The third-order valence-electron chi connectivity index (χ3n) is 2.95. The summed E-state index contributed by atoms with van der Waals surface area (Å²) < 4.78 is 0. The molecule has 1 unspecified atom stereocenters. The summed E-state index contributed by atoms with van der Waals surface area (Å²) in [5, 5.41) is 4.19. The van der Waals surface area contributed by atoms with Gasteiger partial charge in [-0.2, -0.15) is 0 Å². The molecule has 2 heterocycles. The first-order valence-electron chi connectivity index (χ1n) is 5.59. The average molecular weight is 239 g/mol. The van der Waals surface area contributed by atoms with Crippen molar-refractivity contribution in [2.75, 3.05) is 20.1 Å². The van der Waals surface area contributed by atoms with Gasteiger partial charge in [0.15, 0.2) is 0 Å². The van der Waals surface area contributed by atoms with Gasteiger partial charge in [0.25, 0.3) is 5.91 Å². The van der Waals surface area contributed by atoms with Crippen LogP contribution in [-0.2, 0) is 0 Å². The van der Waals surface area contributed by atoms with Crippen LogP contribution in [0, 0.1) is 6.92 Å². The van der Waals surface area contributed by atoms with Crippen molar-refractivity contribution in [1.29, 1.82) is 0 Å². The van der Waals surface area contributed by atoms with Gasteiger partial charge in [-0.25, -0.2) is 4.98 Å². The molecule has 1 aliphatic heterocycles. The van der Waals surface area contributed by atoms with Crippen molar-refractivity contribution in [2.45, 2.75) is 25.8 Å². The Hall–Kier alpha value is -0.940. The van der Waals surface area contributed by atoms with Crippen LogP contribution in [0.3, 0.4) is 0 Å². The topological polar surface area (TPSA) is 45.2 Å². The molecule has 5 heteroatoms. The number of hydrogen-bond donors (Lipinski definition) is 1. The molecule has 1 aromatic rings. The highest BCUT2D eigenvalue weighted by atomic mass is 32.1. The monoisotopic (exact) mass is 239 g/mol. The van der Waals surface area contributed by atoms with Crippen molar-refractivity contribution in [2.24, 2.45) is 0 Å². The fourth-order valence-corrected chi connectivity index (χ4v) is 2.76. The largest absolute Gasteiger partial charge is 0.336 e. The number of aryl methyl sites for hydroxylation is 1. The van der Waals surface area contributed by atoms with E-state index in [2.05, 4.69) is 10.3 Å². The lowest BCUT2D eigenvalue weighted by atomic mass is 10.1. The van der Waals surface area contributed by atoms with E-state index < -0.39 is 0 Å². The molecule has 0 bridgehead atoms. The summed E-state index contributed by atoms with van der Waals surface area (Å²) in [6, 6.07) is 0.437. The molecule has 1 N–H and O–H groups in total. The zero-order valence-corrected chi connectivity index (χ0v) is 10.5. The standard InChI is InChI=1S/C11H17N3OS/c1-8-13-6-10(16-8)11(15)14-5-3-4-9(7-14)12-2/h6,9,12H,3-5,7H2,1-2H3. The Morgan fingerprint density at radius 1 is 1.69 bits per heavy atom. The van der Waals surface area contributed by atoms with Crippen molar-refractivity contribution >= 4 is 17.2 Å². The van der Waals surface area contributed by atoms with Gasteiger partial charge in [0.2, 0.25) is 0 Å². The van der Waals surface area contributed by atoms with E-state index in [-0.39, 0.29) is 5.91 Å². The maximum Gasteiger partial charge on any atom is 0.265 e. The summed E-state index contributed by atoms with van der Waals surface area (Å²) in [5.74, 6) is 0.130. The van der Waals surface area contributed by atoms with Crippen LogP contribution in [0.15, 0.2) is 6.20 Å². The molecule has 88 valence electrons. The van der Waals surface area contributed by atoms with Gasteiger partial charge in [-0.3, -0.25) is 4.79 Å². The van der Waals surface area contributed by atoms with E-state index in [0.29, 0.717) is 6.04 Å². The van der Waals surface area contributed by atoms with Gasteiger partial charge in [0.1, 0.15) is 4.88 Å². The molecule has 0 saturated carbocycles. The summed E-state index contributed by atoms with van der Waals surface area (Å²) in [6.07, 6.45) is 3.92. The molecule has 0 aliphatic carbocycles. The Kier molecular flexibility index (Phi) is 3.56. The SMILES string of the molecule is CNC1CCCN(C(=O)c2cnc(C)s2)C1. The van der Waals surface area contributed by atoms with Crippen LogP contribution in [0.1, 0.15) is 27.5 Å². The number of carbonyl (C=O) groups excluding carboxylic acids is 1. The van der Waals surface area contributed by atoms with E-state index in [4.69, 9.17) is 0 Å². The first kappa shape index (κ1) is 11.5. The van der Waals surface area contributed by atoms with E-state index in [9.17, 15) is 4.79 Å². The van der Waals surface area contributed by atoms with Gasteiger partial charge in [0, 0.05) is 19.1 Å². The smallest absolute Gasteiger partial charge is 0.265 e.